The fourth-order valence-electron chi connectivity index (χ4n) is 3.52. The molecule has 0 aliphatic carbocycles. The Morgan fingerprint density at radius 1 is 1.00 bits per heavy atom. The molecule has 1 unspecified atom stereocenters. The first kappa shape index (κ1) is 21.4. The number of hydrogen-bond donors (Lipinski definition) is 2. The van der Waals surface area contributed by atoms with Crippen molar-refractivity contribution in [3.63, 3.8) is 0 Å². The van der Waals surface area contributed by atoms with Crippen molar-refractivity contribution < 1.29 is 4.79 Å². The Bertz CT molecular complexity index is 660. The van der Waals surface area contributed by atoms with Gasteiger partial charge in [0.15, 0.2) is 0 Å². The van der Waals surface area contributed by atoms with Crippen molar-refractivity contribution in [1.29, 1.82) is 0 Å². The summed E-state index contributed by atoms with van der Waals surface area (Å²) in [6.07, 6.45) is 1.41. The van der Waals surface area contributed by atoms with Gasteiger partial charge in [0.1, 0.15) is 0 Å². The van der Waals surface area contributed by atoms with Crippen LogP contribution in [0.1, 0.15) is 23.5 Å². The van der Waals surface area contributed by atoms with Gasteiger partial charge in [0.2, 0.25) is 5.91 Å². The van der Waals surface area contributed by atoms with E-state index in [-0.39, 0.29) is 24.2 Å². The van der Waals surface area contributed by atoms with Gasteiger partial charge in [-0.25, -0.2) is 0 Å². The molecule has 2 aromatic carbocycles. The van der Waals surface area contributed by atoms with Gasteiger partial charge in [0, 0.05) is 45.7 Å². The van der Waals surface area contributed by atoms with E-state index in [1.807, 2.05) is 12.1 Å². The number of benzene rings is 2. The van der Waals surface area contributed by atoms with Crippen LogP contribution in [0.25, 0.3) is 0 Å². The molecule has 4 nitrogen and oxygen atoms in total. The topological polar surface area (TPSA) is 44.4 Å². The maximum Gasteiger partial charge on any atom is 0.220 e. The molecule has 1 atom stereocenters. The standard InChI is InChI=1S/C22H29N3O.ClH/c26-22(24-13-16-25-14-11-23-12-15-25)18-21(20-9-5-2-6-10-20)17-19-7-3-1-4-8-19;/h1-10,21,23H,11-18H2,(H,24,26);1H. The summed E-state index contributed by atoms with van der Waals surface area (Å²) in [6.45, 7) is 5.88. The Morgan fingerprint density at radius 2 is 1.63 bits per heavy atom. The molecule has 1 heterocycles. The summed E-state index contributed by atoms with van der Waals surface area (Å²) in [7, 11) is 0. The fourth-order valence-corrected chi connectivity index (χ4v) is 3.52. The Hall–Kier alpha value is -1.88. The molecular formula is C22H30ClN3O. The Labute approximate surface area is 168 Å². The smallest absolute Gasteiger partial charge is 0.220 e. The lowest BCUT2D eigenvalue weighted by Crippen LogP contribution is -2.46. The third kappa shape index (κ3) is 7.33. The molecule has 3 rings (SSSR count). The SMILES string of the molecule is Cl.O=C(CC(Cc1ccccc1)c1ccccc1)NCCN1CCNCC1. The van der Waals surface area contributed by atoms with Crippen LogP contribution in [0.3, 0.4) is 0 Å². The highest BCUT2D eigenvalue weighted by Crippen LogP contribution is 2.24. The normalized spacial score (nSPS) is 15.6. The van der Waals surface area contributed by atoms with E-state index >= 15 is 0 Å². The number of piperazine rings is 1. The lowest BCUT2D eigenvalue weighted by atomic mass is 9.89. The molecule has 2 N–H and O–H groups in total. The van der Waals surface area contributed by atoms with Crippen LogP contribution >= 0.6 is 12.4 Å². The summed E-state index contributed by atoms with van der Waals surface area (Å²) in [4.78, 5) is 14.9. The van der Waals surface area contributed by atoms with Crippen LogP contribution in [0.4, 0.5) is 0 Å². The molecule has 1 amide bonds. The molecule has 0 saturated carbocycles. The molecule has 1 aliphatic heterocycles. The number of nitrogens with zero attached hydrogens (tertiary/aromatic N) is 1. The van der Waals surface area contributed by atoms with Crippen LogP contribution in [-0.4, -0.2) is 50.1 Å². The van der Waals surface area contributed by atoms with Gasteiger partial charge in [0.25, 0.3) is 0 Å². The summed E-state index contributed by atoms with van der Waals surface area (Å²) >= 11 is 0. The van der Waals surface area contributed by atoms with E-state index < -0.39 is 0 Å². The average Bonchev–Trinajstić information content (AvgIpc) is 2.70. The first-order valence-corrected chi connectivity index (χ1v) is 9.60. The van der Waals surface area contributed by atoms with E-state index in [2.05, 4.69) is 64.1 Å². The Balaban J connectivity index is 0.00000261. The van der Waals surface area contributed by atoms with E-state index in [4.69, 9.17) is 0 Å². The number of amides is 1. The maximum atomic E-state index is 12.5. The number of halogens is 1. The number of carbonyl (C=O) groups excluding carboxylic acids is 1. The van der Waals surface area contributed by atoms with Crippen LogP contribution in [0.2, 0.25) is 0 Å². The Morgan fingerprint density at radius 3 is 2.30 bits per heavy atom. The maximum absolute atomic E-state index is 12.5. The van der Waals surface area contributed by atoms with Crippen LogP contribution in [0, 0.1) is 0 Å². The molecule has 1 saturated heterocycles. The minimum atomic E-state index is 0. The van der Waals surface area contributed by atoms with Crippen molar-refractivity contribution in [3.8, 4) is 0 Å². The van der Waals surface area contributed by atoms with Gasteiger partial charge in [0.05, 0.1) is 0 Å². The largest absolute Gasteiger partial charge is 0.355 e. The number of hydrogen-bond acceptors (Lipinski definition) is 3. The van der Waals surface area contributed by atoms with Gasteiger partial charge in [-0.3, -0.25) is 9.69 Å². The molecule has 0 aromatic heterocycles. The highest BCUT2D eigenvalue weighted by molar-refractivity contribution is 5.85. The second kappa shape index (κ2) is 11.8. The third-order valence-corrected chi connectivity index (χ3v) is 4.99. The zero-order valence-electron chi connectivity index (χ0n) is 15.8. The van der Waals surface area contributed by atoms with Gasteiger partial charge in [-0.05, 0) is 23.5 Å². The van der Waals surface area contributed by atoms with Crippen LogP contribution in [0.5, 0.6) is 0 Å². The fraction of sp³-hybridized carbons (Fsp3) is 0.409. The van der Waals surface area contributed by atoms with E-state index in [0.717, 1.165) is 45.7 Å². The first-order valence-electron chi connectivity index (χ1n) is 9.60. The molecule has 0 radical (unpaired) electrons. The predicted molar refractivity (Wildman–Crippen MR) is 114 cm³/mol. The number of nitrogens with one attached hydrogen (secondary N) is 2. The molecule has 5 heteroatoms. The van der Waals surface area contributed by atoms with E-state index in [1.54, 1.807) is 0 Å². The van der Waals surface area contributed by atoms with Gasteiger partial charge >= 0.3 is 0 Å². The highest BCUT2D eigenvalue weighted by Gasteiger charge is 2.17. The summed E-state index contributed by atoms with van der Waals surface area (Å²) in [5.74, 6) is 0.350. The van der Waals surface area contributed by atoms with Crippen molar-refractivity contribution in [2.24, 2.45) is 0 Å². The highest BCUT2D eigenvalue weighted by atomic mass is 35.5. The first-order chi connectivity index (χ1) is 12.8. The minimum Gasteiger partial charge on any atom is -0.355 e. The molecule has 0 spiro atoms. The zero-order valence-corrected chi connectivity index (χ0v) is 16.6. The molecule has 1 aliphatic rings. The van der Waals surface area contributed by atoms with Gasteiger partial charge in [-0.2, -0.15) is 0 Å². The molecular weight excluding hydrogens is 358 g/mol. The molecule has 0 bridgehead atoms. The van der Waals surface area contributed by atoms with Crippen LogP contribution < -0.4 is 10.6 Å². The second-order valence-electron chi connectivity index (χ2n) is 6.94. The number of rotatable bonds is 8. The monoisotopic (exact) mass is 387 g/mol. The molecule has 146 valence electrons. The van der Waals surface area contributed by atoms with Crippen molar-refractivity contribution >= 4 is 18.3 Å². The lowest BCUT2D eigenvalue weighted by molar-refractivity contribution is -0.121. The number of carbonyl (C=O) groups is 1. The third-order valence-electron chi connectivity index (χ3n) is 4.99. The summed E-state index contributed by atoms with van der Waals surface area (Å²) < 4.78 is 0. The van der Waals surface area contributed by atoms with Gasteiger partial charge in [-0.1, -0.05) is 60.7 Å². The quantitative estimate of drug-likeness (QED) is 0.732. The van der Waals surface area contributed by atoms with E-state index in [9.17, 15) is 4.79 Å². The van der Waals surface area contributed by atoms with Crippen LogP contribution in [-0.2, 0) is 11.2 Å². The summed E-state index contributed by atoms with van der Waals surface area (Å²) in [6, 6.07) is 20.8. The lowest BCUT2D eigenvalue weighted by Gasteiger charge is -2.27. The minimum absolute atomic E-state index is 0. The average molecular weight is 388 g/mol. The second-order valence-corrected chi connectivity index (χ2v) is 6.94. The van der Waals surface area contributed by atoms with Gasteiger partial charge < -0.3 is 10.6 Å². The molecule has 27 heavy (non-hydrogen) atoms. The summed E-state index contributed by atoms with van der Waals surface area (Å²) in [5.41, 5.74) is 2.50. The van der Waals surface area contributed by atoms with Gasteiger partial charge in [-0.15, -0.1) is 12.4 Å². The molecule has 1 fully saturated rings. The van der Waals surface area contributed by atoms with Crippen molar-refractivity contribution in [2.75, 3.05) is 39.3 Å². The molecule has 2 aromatic rings. The van der Waals surface area contributed by atoms with E-state index in [1.165, 1.54) is 11.1 Å². The summed E-state index contributed by atoms with van der Waals surface area (Å²) in [5, 5.41) is 6.47. The van der Waals surface area contributed by atoms with Crippen molar-refractivity contribution in [3.05, 3.63) is 71.8 Å². The van der Waals surface area contributed by atoms with Crippen molar-refractivity contribution in [1.82, 2.24) is 15.5 Å². The predicted octanol–water partition coefficient (Wildman–Crippen LogP) is 2.85. The van der Waals surface area contributed by atoms with Crippen molar-refractivity contribution in [2.45, 2.75) is 18.8 Å². The Kier molecular flexibility index (Phi) is 9.32. The zero-order chi connectivity index (χ0) is 18.0. The van der Waals surface area contributed by atoms with E-state index in [0.29, 0.717) is 6.42 Å². The van der Waals surface area contributed by atoms with Crippen LogP contribution in [0.15, 0.2) is 60.7 Å².